The van der Waals surface area contributed by atoms with Crippen LogP contribution in [0.15, 0.2) is 48.5 Å². The van der Waals surface area contributed by atoms with Crippen molar-refractivity contribution in [3.8, 4) is 28.1 Å². The highest BCUT2D eigenvalue weighted by atomic mass is 35.5. The van der Waals surface area contributed by atoms with E-state index in [1.54, 1.807) is 30.3 Å². The molecule has 0 aliphatic heterocycles. The van der Waals surface area contributed by atoms with E-state index in [9.17, 15) is 4.79 Å². The zero-order valence-corrected chi connectivity index (χ0v) is 26.5. The van der Waals surface area contributed by atoms with Crippen LogP contribution in [-0.4, -0.2) is 65.4 Å². The number of carboxylic acid groups (broad SMARTS) is 2. The van der Waals surface area contributed by atoms with Crippen molar-refractivity contribution in [1.29, 1.82) is 0 Å². The van der Waals surface area contributed by atoms with Gasteiger partial charge in [-0.3, -0.25) is 4.79 Å². The molecular weight excluding hydrogens is 624 g/mol. The molecule has 8 nitrogen and oxygen atoms in total. The Balaban J connectivity index is 0.00000116. The van der Waals surface area contributed by atoms with Gasteiger partial charge < -0.3 is 25.2 Å². The lowest BCUT2D eigenvalue weighted by atomic mass is 9.95. The Labute approximate surface area is 267 Å². The predicted octanol–water partition coefficient (Wildman–Crippen LogP) is 8.41. The van der Waals surface area contributed by atoms with Crippen LogP contribution in [0.1, 0.15) is 49.0 Å². The highest BCUT2D eigenvalue weighted by molar-refractivity contribution is 6.39. The lowest BCUT2D eigenvalue weighted by Gasteiger charge is -2.23. The Morgan fingerprint density at radius 1 is 0.976 bits per heavy atom. The Hall–Kier alpha value is -2.75. The second kappa shape index (κ2) is 17.4. The molecule has 3 aromatic rings. The molecule has 42 heavy (non-hydrogen) atoms. The van der Waals surface area contributed by atoms with Crippen LogP contribution < -0.4 is 10.1 Å². The van der Waals surface area contributed by atoms with Crippen LogP contribution in [0.5, 0.6) is 5.75 Å². The summed E-state index contributed by atoms with van der Waals surface area (Å²) < 4.78 is 6.00. The third-order valence-electron chi connectivity index (χ3n) is 6.51. The molecule has 2 aromatic carbocycles. The second-order valence-electron chi connectivity index (χ2n) is 9.93. The molecular formula is C30H35Cl4N3O5. The number of hydrogen-bond acceptors (Lipinski definition) is 5. The van der Waals surface area contributed by atoms with E-state index in [0.717, 1.165) is 49.8 Å². The molecule has 1 heterocycles. The van der Waals surface area contributed by atoms with Gasteiger partial charge in [-0.25, -0.2) is 9.78 Å². The van der Waals surface area contributed by atoms with E-state index in [1.807, 2.05) is 32.3 Å². The van der Waals surface area contributed by atoms with E-state index in [0.29, 0.717) is 44.4 Å². The number of hydrogen-bond donors (Lipinski definition) is 3. The highest BCUT2D eigenvalue weighted by Gasteiger charge is 2.21. The van der Waals surface area contributed by atoms with E-state index in [4.69, 9.17) is 59.5 Å². The summed E-state index contributed by atoms with van der Waals surface area (Å²) in [5.41, 5.74) is 3.07. The molecule has 1 saturated carbocycles. The van der Waals surface area contributed by atoms with Crippen LogP contribution in [-0.2, 0) is 0 Å². The molecule has 1 aromatic heterocycles. The van der Waals surface area contributed by atoms with Crippen molar-refractivity contribution >= 4 is 59.3 Å². The average molecular weight is 659 g/mol. The van der Waals surface area contributed by atoms with Crippen molar-refractivity contribution in [2.24, 2.45) is 0 Å². The molecule has 0 saturated heterocycles. The number of pyridine rings is 1. The largest absolute Gasteiger partial charge is 0.503 e. The maximum absolute atomic E-state index is 13.2. The van der Waals surface area contributed by atoms with Gasteiger partial charge in [0.25, 0.3) is 5.91 Å². The van der Waals surface area contributed by atoms with Gasteiger partial charge >= 0.3 is 6.16 Å². The fourth-order valence-corrected chi connectivity index (χ4v) is 5.37. The normalized spacial score (nSPS) is 13.0. The monoisotopic (exact) mass is 657 g/mol. The SMILES string of the molecule is CN(C)CCCOc1cc(-c2nc(C(=O)NC3CCCCC3)ccc2-c2c(Cl)cccc2Cl)ccc1Cl.Cl.O=C(O)O. The minimum Gasteiger partial charge on any atom is -0.492 e. The maximum atomic E-state index is 13.2. The molecule has 4 rings (SSSR count). The number of rotatable bonds is 9. The van der Waals surface area contributed by atoms with E-state index in [1.165, 1.54) is 6.42 Å². The van der Waals surface area contributed by atoms with Gasteiger partial charge in [-0.15, -0.1) is 12.4 Å². The number of ether oxygens (including phenoxy) is 1. The summed E-state index contributed by atoms with van der Waals surface area (Å²) in [5.74, 6) is 0.382. The van der Waals surface area contributed by atoms with Crippen molar-refractivity contribution in [3.05, 3.63) is 69.3 Å². The van der Waals surface area contributed by atoms with E-state index >= 15 is 0 Å². The number of carbonyl (C=O) groups excluding carboxylic acids is 1. The minimum atomic E-state index is -1.83. The fourth-order valence-electron chi connectivity index (χ4n) is 4.59. The van der Waals surface area contributed by atoms with Gasteiger partial charge in [0.1, 0.15) is 11.4 Å². The van der Waals surface area contributed by atoms with Gasteiger partial charge in [-0.05, 0) is 69.8 Å². The molecule has 0 bridgehead atoms. The Morgan fingerprint density at radius 2 is 1.62 bits per heavy atom. The van der Waals surface area contributed by atoms with Gasteiger partial charge in [-0.1, -0.05) is 66.2 Å². The minimum absolute atomic E-state index is 0. The molecule has 1 fully saturated rings. The molecule has 1 amide bonds. The van der Waals surface area contributed by atoms with Crippen molar-refractivity contribution in [1.82, 2.24) is 15.2 Å². The van der Waals surface area contributed by atoms with Crippen LogP contribution in [0.2, 0.25) is 15.1 Å². The van der Waals surface area contributed by atoms with E-state index < -0.39 is 6.16 Å². The first-order chi connectivity index (χ1) is 19.6. The fraction of sp³-hybridized carbons (Fsp3) is 0.367. The second-order valence-corrected chi connectivity index (χ2v) is 11.2. The summed E-state index contributed by atoms with van der Waals surface area (Å²) >= 11 is 19.6. The topological polar surface area (TPSA) is 112 Å². The molecule has 1 aliphatic carbocycles. The van der Waals surface area contributed by atoms with Crippen LogP contribution in [0.4, 0.5) is 4.79 Å². The summed E-state index contributed by atoms with van der Waals surface area (Å²) in [4.78, 5) is 28.6. The average Bonchev–Trinajstić information content (AvgIpc) is 2.92. The Kier molecular flexibility index (Phi) is 14.7. The van der Waals surface area contributed by atoms with Crippen molar-refractivity contribution in [2.45, 2.75) is 44.6 Å². The first-order valence-electron chi connectivity index (χ1n) is 13.3. The van der Waals surface area contributed by atoms with Gasteiger partial charge in [0, 0.05) is 39.3 Å². The first kappa shape index (κ1) is 35.4. The number of halogens is 4. The van der Waals surface area contributed by atoms with Crippen LogP contribution >= 0.6 is 47.2 Å². The van der Waals surface area contributed by atoms with Gasteiger partial charge in [-0.2, -0.15) is 0 Å². The molecule has 0 radical (unpaired) electrons. The smallest absolute Gasteiger partial charge is 0.492 e. The van der Waals surface area contributed by atoms with Crippen molar-refractivity contribution in [2.75, 3.05) is 27.2 Å². The molecule has 12 heteroatoms. The molecule has 3 N–H and O–H groups in total. The van der Waals surface area contributed by atoms with E-state index in [2.05, 4.69) is 10.2 Å². The zero-order valence-electron chi connectivity index (χ0n) is 23.4. The summed E-state index contributed by atoms with van der Waals surface area (Å²) in [6, 6.07) is 14.7. The molecule has 0 unspecified atom stereocenters. The predicted molar refractivity (Wildman–Crippen MR) is 171 cm³/mol. The molecule has 0 atom stereocenters. The lowest BCUT2D eigenvalue weighted by molar-refractivity contribution is 0.0922. The number of nitrogens with one attached hydrogen (secondary N) is 1. The van der Waals surface area contributed by atoms with Gasteiger partial charge in [0.15, 0.2) is 0 Å². The number of benzene rings is 2. The van der Waals surface area contributed by atoms with Crippen LogP contribution in [0.25, 0.3) is 22.4 Å². The molecule has 0 spiro atoms. The third-order valence-corrected chi connectivity index (χ3v) is 7.45. The summed E-state index contributed by atoms with van der Waals surface area (Å²) in [6.45, 7) is 1.44. The van der Waals surface area contributed by atoms with Crippen molar-refractivity contribution < 1.29 is 24.5 Å². The van der Waals surface area contributed by atoms with Gasteiger partial charge in [0.05, 0.1) is 17.3 Å². The number of amides is 1. The molecule has 228 valence electrons. The zero-order chi connectivity index (χ0) is 29.9. The lowest BCUT2D eigenvalue weighted by Crippen LogP contribution is -2.36. The maximum Gasteiger partial charge on any atom is 0.503 e. The van der Waals surface area contributed by atoms with Crippen LogP contribution in [0, 0.1) is 0 Å². The molecule has 1 aliphatic rings. The first-order valence-corrected chi connectivity index (χ1v) is 14.5. The van der Waals surface area contributed by atoms with E-state index in [-0.39, 0.29) is 24.4 Å². The third kappa shape index (κ3) is 10.5. The summed E-state index contributed by atoms with van der Waals surface area (Å²) in [7, 11) is 4.05. The standard InChI is InChI=1S/C29H32Cl3N3O2.CH2O3.ClH/c1-35(2)16-7-17-37-26-18-19(12-14-22(26)30)28-21(27-23(31)10-6-11-24(27)32)13-15-25(34-28)29(36)33-20-8-4-3-5-9-20;2-1(3)4;/h6,10-15,18,20H,3-5,7-9,16-17H2,1-2H3,(H,33,36);(H2,2,3,4);1H. The number of carbonyl (C=O) groups is 2. The Bertz CT molecular complexity index is 1330. The van der Waals surface area contributed by atoms with Crippen molar-refractivity contribution in [3.63, 3.8) is 0 Å². The number of nitrogens with zero attached hydrogens (tertiary/aromatic N) is 2. The highest BCUT2D eigenvalue weighted by Crippen LogP contribution is 2.41. The summed E-state index contributed by atoms with van der Waals surface area (Å²) in [6.07, 6.45) is 4.52. The Morgan fingerprint density at radius 3 is 2.24 bits per heavy atom. The quantitative estimate of drug-likeness (QED) is 0.198. The number of aromatic nitrogens is 1. The van der Waals surface area contributed by atoms with Crippen LogP contribution in [0.3, 0.4) is 0 Å². The summed E-state index contributed by atoms with van der Waals surface area (Å²) in [5, 5.41) is 18.6. The van der Waals surface area contributed by atoms with Gasteiger partial charge in [0.2, 0.25) is 0 Å².